The first-order chi connectivity index (χ1) is 8.61. The summed E-state index contributed by atoms with van der Waals surface area (Å²) >= 11 is 3.38. The summed E-state index contributed by atoms with van der Waals surface area (Å²) in [5, 5.41) is 9.62. The molecule has 0 radical (unpaired) electrons. The van der Waals surface area contributed by atoms with Gasteiger partial charge in [0.25, 0.3) is 5.91 Å². The molecule has 1 amide bonds. The Balaban J connectivity index is 2.22. The maximum absolute atomic E-state index is 12.4. The molecule has 4 nitrogen and oxygen atoms in total. The highest BCUT2D eigenvalue weighted by atomic mass is 79.9. The zero-order valence-electron chi connectivity index (χ0n) is 10.2. The molecule has 1 saturated heterocycles. The smallest absolute Gasteiger partial charge is 0.255 e. The number of likely N-dealkylation sites (tertiary alicyclic amines) is 1. The molecule has 1 aromatic rings. The second-order valence-corrected chi connectivity index (χ2v) is 5.25. The molecule has 0 aliphatic carbocycles. The van der Waals surface area contributed by atoms with Crippen LogP contribution in [-0.2, 0) is 0 Å². The first-order valence-corrected chi connectivity index (χ1v) is 6.72. The SMILES string of the molecule is COc1ccc(Br)c(C(=O)N2CCCC(O)C2)c1. The average Bonchev–Trinajstić information content (AvgIpc) is 2.38. The Morgan fingerprint density at radius 3 is 3.00 bits per heavy atom. The van der Waals surface area contributed by atoms with Crippen molar-refractivity contribution in [3.05, 3.63) is 28.2 Å². The van der Waals surface area contributed by atoms with Gasteiger partial charge in [-0.2, -0.15) is 0 Å². The molecule has 2 rings (SSSR count). The number of amides is 1. The van der Waals surface area contributed by atoms with Crippen molar-refractivity contribution in [2.45, 2.75) is 18.9 Å². The van der Waals surface area contributed by atoms with Crippen LogP contribution in [0.25, 0.3) is 0 Å². The first kappa shape index (κ1) is 13.4. The van der Waals surface area contributed by atoms with Crippen LogP contribution >= 0.6 is 15.9 Å². The number of carbonyl (C=O) groups is 1. The molecule has 0 aromatic heterocycles. The van der Waals surface area contributed by atoms with Crippen molar-refractivity contribution < 1.29 is 14.6 Å². The van der Waals surface area contributed by atoms with E-state index in [0.717, 1.165) is 17.3 Å². The molecule has 0 spiro atoms. The van der Waals surface area contributed by atoms with Gasteiger partial charge in [0.1, 0.15) is 5.75 Å². The van der Waals surface area contributed by atoms with Crippen LogP contribution in [0.2, 0.25) is 0 Å². The van der Waals surface area contributed by atoms with Crippen molar-refractivity contribution in [3.8, 4) is 5.75 Å². The predicted octanol–water partition coefficient (Wildman–Crippen LogP) is 2.05. The number of ether oxygens (including phenoxy) is 1. The van der Waals surface area contributed by atoms with Crippen LogP contribution in [0.3, 0.4) is 0 Å². The molecule has 1 fully saturated rings. The van der Waals surface area contributed by atoms with Crippen LogP contribution in [0.4, 0.5) is 0 Å². The van der Waals surface area contributed by atoms with E-state index in [1.165, 1.54) is 0 Å². The predicted molar refractivity (Wildman–Crippen MR) is 71.8 cm³/mol. The van der Waals surface area contributed by atoms with Gasteiger partial charge < -0.3 is 14.7 Å². The van der Waals surface area contributed by atoms with Gasteiger partial charge in [0.05, 0.1) is 18.8 Å². The molecule has 1 unspecified atom stereocenters. The number of piperidine rings is 1. The number of benzene rings is 1. The minimum Gasteiger partial charge on any atom is -0.497 e. The Morgan fingerprint density at radius 1 is 1.56 bits per heavy atom. The van der Waals surface area contributed by atoms with Crippen LogP contribution < -0.4 is 4.74 Å². The quantitative estimate of drug-likeness (QED) is 0.909. The van der Waals surface area contributed by atoms with E-state index in [9.17, 15) is 9.90 Å². The maximum atomic E-state index is 12.4. The van der Waals surface area contributed by atoms with E-state index in [0.29, 0.717) is 24.4 Å². The Kier molecular flexibility index (Phi) is 4.24. The standard InChI is InChI=1S/C13H16BrNO3/c1-18-10-4-5-12(14)11(7-10)13(17)15-6-2-3-9(16)8-15/h4-5,7,9,16H,2-3,6,8H2,1H3. The first-order valence-electron chi connectivity index (χ1n) is 5.92. The Labute approximate surface area is 115 Å². The topological polar surface area (TPSA) is 49.8 Å². The Hall–Kier alpha value is -1.07. The highest BCUT2D eigenvalue weighted by molar-refractivity contribution is 9.10. The lowest BCUT2D eigenvalue weighted by atomic mass is 10.1. The third kappa shape index (κ3) is 2.84. The largest absolute Gasteiger partial charge is 0.497 e. The highest BCUT2D eigenvalue weighted by Gasteiger charge is 2.24. The van der Waals surface area contributed by atoms with E-state index in [-0.39, 0.29) is 5.91 Å². The Bertz CT molecular complexity index is 450. The number of aliphatic hydroxyl groups excluding tert-OH is 1. The molecule has 0 bridgehead atoms. The zero-order chi connectivity index (χ0) is 13.1. The van der Waals surface area contributed by atoms with Crippen LogP contribution in [0, 0.1) is 0 Å². The molecule has 18 heavy (non-hydrogen) atoms. The summed E-state index contributed by atoms with van der Waals surface area (Å²) in [4.78, 5) is 14.1. The fraction of sp³-hybridized carbons (Fsp3) is 0.462. The van der Waals surface area contributed by atoms with Crippen molar-refractivity contribution in [1.82, 2.24) is 4.90 Å². The van der Waals surface area contributed by atoms with Gasteiger partial charge in [0.15, 0.2) is 0 Å². The van der Waals surface area contributed by atoms with Gasteiger partial charge in [-0.3, -0.25) is 4.79 Å². The summed E-state index contributed by atoms with van der Waals surface area (Å²) < 4.78 is 5.87. The van der Waals surface area contributed by atoms with Gasteiger partial charge in [-0.25, -0.2) is 0 Å². The fourth-order valence-corrected chi connectivity index (χ4v) is 2.52. The van der Waals surface area contributed by atoms with Crippen LogP contribution in [0.5, 0.6) is 5.75 Å². The number of hydrogen-bond donors (Lipinski definition) is 1. The number of rotatable bonds is 2. The second kappa shape index (κ2) is 5.71. The third-order valence-corrected chi connectivity index (χ3v) is 3.78. The van der Waals surface area contributed by atoms with E-state index in [4.69, 9.17) is 4.74 Å². The number of aliphatic hydroxyl groups is 1. The van der Waals surface area contributed by atoms with Crippen molar-refractivity contribution in [2.24, 2.45) is 0 Å². The third-order valence-electron chi connectivity index (χ3n) is 3.09. The van der Waals surface area contributed by atoms with E-state index >= 15 is 0 Å². The number of halogens is 1. The summed E-state index contributed by atoms with van der Waals surface area (Å²) in [7, 11) is 1.57. The lowest BCUT2D eigenvalue weighted by molar-refractivity contribution is 0.0473. The molecule has 0 saturated carbocycles. The van der Waals surface area contributed by atoms with Crippen molar-refractivity contribution in [3.63, 3.8) is 0 Å². The molecular formula is C13H16BrNO3. The van der Waals surface area contributed by atoms with Gasteiger partial charge in [-0.15, -0.1) is 0 Å². The van der Waals surface area contributed by atoms with E-state index < -0.39 is 6.10 Å². The van der Waals surface area contributed by atoms with Gasteiger partial charge in [0, 0.05) is 17.6 Å². The molecule has 5 heteroatoms. The van der Waals surface area contributed by atoms with Crippen molar-refractivity contribution in [2.75, 3.05) is 20.2 Å². The zero-order valence-corrected chi connectivity index (χ0v) is 11.8. The molecule has 98 valence electrons. The maximum Gasteiger partial charge on any atom is 0.255 e. The minimum atomic E-state index is -0.410. The average molecular weight is 314 g/mol. The van der Waals surface area contributed by atoms with Crippen LogP contribution in [0.15, 0.2) is 22.7 Å². The highest BCUT2D eigenvalue weighted by Crippen LogP contribution is 2.25. The van der Waals surface area contributed by atoms with Crippen molar-refractivity contribution >= 4 is 21.8 Å². The molecule has 1 heterocycles. The van der Waals surface area contributed by atoms with Crippen LogP contribution in [0.1, 0.15) is 23.2 Å². The van der Waals surface area contributed by atoms with Gasteiger partial charge in [-0.05, 0) is 47.0 Å². The van der Waals surface area contributed by atoms with Crippen LogP contribution in [-0.4, -0.2) is 42.2 Å². The van der Waals surface area contributed by atoms with E-state index in [2.05, 4.69) is 15.9 Å². The molecule has 1 aliphatic rings. The summed E-state index contributed by atoms with van der Waals surface area (Å²) in [5.74, 6) is 0.582. The number of hydrogen-bond acceptors (Lipinski definition) is 3. The monoisotopic (exact) mass is 313 g/mol. The minimum absolute atomic E-state index is 0.0699. The van der Waals surface area contributed by atoms with E-state index in [1.807, 2.05) is 0 Å². The number of β-amino-alcohol motifs (C(OH)–C–C–N with tert-alkyl or cyclic N) is 1. The lowest BCUT2D eigenvalue weighted by Gasteiger charge is -2.30. The Morgan fingerprint density at radius 2 is 2.33 bits per heavy atom. The molecular weight excluding hydrogens is 298 g/mol. The number of nitrogens with zero attached hydrogens (tertiary/aromatic N) is 1. The van der Waals surface area contributed by atoms with Crippen molar-refractivity contribution in [1.29, 1.82) is 0 Å². The summed E-state index contributed by atoms with van der Waals surface area (Å²) in [6.07, 6.45) is 1.20. The normalized spacial score (nSPS) is 19.7. The fourth-order valence-electron chi connectivity index (χ4n) is 2.10. The molecule has 1 aliphatic heterocycles. The van der Waals surface area contributed by atoms with Gasteiger partial charge >= 0.3 is 0 Å². The van der Waals surface area contributed by atoms with Gasteiger partial charge in [-0.1, -0.05) is 0 Å². The lowest BCUT2D eigenvalue weighted by Crippen LogP contribution is -2.42. The number of methoxy groups -OCH3 is 1. The number of carbonyl (C=O) groups excluding carboxylic acids is 1. The van der Waals surface area contributed by atoms with E-state index in [1.54, 1.807) is 30.2 Å². The summed E-state index contributed by atoms with van der Waals surface area (Å²) in [5.41, 5.74) is 0.573. The second-order valence-electron chi connectivity index (χ2n) is 4.39. The summed E-state index contributed by atoms with van der Waals surface area (Å²) in [6.45, 7) is 1.10. The molecule has 1 atom stereocenters. The molecule has 1 N–H and O–H groups in total. The summed E-state index contributed by atoms with van der Waals surface area (Å²) in [6, 6.07) is 5.31. The van der Waals surface area contributed by atoms with Gasteiger partial charge in [0.2, 0.25) is 0 Å². The molecule has 1 aromatic carbocycles.